The molecule has 3 aromatic rings. The van der Waals surface area contributed by atoms with Crippen LogP contribution in [0.3, 0.4) is 0 Å². The predicted molar refractivity (Wildman–Crippen MR) is 94.5 cm³/mol. The Bertz CT molecular complexity index is 1160. The molecule has 2 aromatic carbocycles. The molecule has 1 aliphatic rings. The van der Waals surface area contributed by atoms with Crippen LogP contribution in [0.25, 0.3) is 17.0 Å². The lowest BCUT2D eigenvalue weighted by molar-refractivity contribution is 0.0691. The van der Waals surface area contributed by atoms with Crippen LogP contribution in [0.15, 0.2) is 36.1 Å². The van der Waals surface area contributed by atoms with Gasteiger partial charge < -0.3 is 29.8 Å². The molecule has 0 atom stereocenters. The van der Waals surface area contributed by atoms with Gasteiger partial charge in [0.15, 0.2) is 5.76 Å². The van der Waals surface area contributed by atoms with Crippen LogP contribution < -0.4 is 9.47 Å². The van der Waals surface area contributed by atoms with E-state index in [1.807, 2.05) is 0 Å². The summed E-state index contributed by atoms with van der Waals surface area (Å²) in [7, 11) is 1.49. The van der Waals surface area contributed by atoms with Gasteiger partial charge in [-0.1, -0.05) is 0 Å². The Morgan fingerprint density at radius 1 is 1.22 bits per heavy atom. The minimum atomic E-state index is -1.21. The van der Waals surface area contributed by atoms with Gasteiger partial charge >= 0.3 is 5.97 Å². The Kier molecular flexibility index (Phi) is 3.55. The zero-order chi connectivity index (χ0) is 19.3. The Labute approximate surface area is 151 Å². The second kappa shape index (κ2) is 5.80. The molecule has 0 fully saturated rings. The number of H-pyrrole nitrogens is 1. The van der Waals surface area contributed by atoms with Gasteiger partial charge in [0.05, 0.1) is 7.11 Å². The van der Waals surface area contributed by atoms with Crippen molar-refractivity contribution in [2.24, 2.45) is 0 Å². The van der Waals surface area contributed by atoms with Gasteiger partial charge in [-0.3, -0.25) is 4.79 Å². The quantitative estimate of drug-likeness (QED) is 0.524. The van der Waals surface area contributed by atoms with Crippen LogP contribution in [-0.4, -0.2) is 39.2 Å². The molecular weight excluding hydrogens is 354 g/mol. The molecule has 4 N–H and O–H groups in total. The number of ether oxygens (including phenoxy) is 2. The molecule has 0 amide bonds. The smallest absolute Gasteiger partial charge is 0.352 e. The number of carboxylic acids is 1. The van der Waals surface area contributed by atoms with Crippen molar-refractivity contribution >= 4 is 28.7 Å². The number of hydrogen-bond donors (Lipinski definition) is 4. The first kappa shape index (κ1) is 16.5. The highest BCUT2D eigenvalue weighted by Crippen LogP contribution is 2.41. The first-order valence-electron chi connectivity index (χ1n) is 7.82. The predicted octanol–water partition coefficient (Wildman–Crippen LogP) is 2.90. The molecule has 2 heterocycles. The van der Waals surface area contributed by atoms with Crippen LogP contribution in [-0.2, 0) is 0 Å². The Hall–Kier alpha value is -3.94. The van der Waals surface area contributed by atoms with Crippen LogP contribution >= 0.6 is 0 Å². The molecule has 1 aliphatic heterocycles. The minimum absolute atomic E-state index is 0.00181. The normalized spacial score (nSPS) is 14.4. The molecule has 8 nitrogen and oxygen atoms in total. The molecule has 0 unspecified atom stereocenters. The largest absolute Gasteiger partial charge is 0.508 e. The first-order chi connectivity index (χ1) is 12.9. The monoisotopic (exact) mass is 367 g/mol. The van der Waals surface area contributed by atoms with Gasteiger partial charge in [0.2, 0.25) is 5.78 Å². The van der Waals surface area contributed by atoms with Gasteiger partial charge in [-0.25, -0.2) is 4.79 Å². The molecule has 136 valence electrons. The van der Waals surface area contributed by atoms with Gasteiger partial charge in [-0.2, -0.15) is 0 Å². The van der Waals surface area contributed by atoms with Crippen LogP contribution in [0.4, 0.5) is 0 Å². The third-order valence-corrected chi connectivity index (χ3v) is 4.27. The number of nitrogens with one attached hydrogen (secondary N) is 1. The molecule has 4 rings (SSSR count). The minimum Gasteiger partial charge on any atom is -0.508 e. The number of carbonyl (C=O) groups is 2. The van der Waals surface area contributed by atoms with Crippen molar-refractivity contribution in [1.82, 2.24) is 4.98 Å². The molecule has 0 saturated carbocycles. The lowest BCUT2D eigenvalue weighted by Gasteiger charge is -2.01. The molecule has 27 heavy (non-hydrogen) atoms. The lowest BCUT2D eigenvalue weighted by Crippen LogP contribution is -2.02. The van der Waals surface area contributed by atoms with Gasteiger partial charge in [0, 0.05) is 28.6 Å². The highest BCUT2D eigenvalue weighted by molar-refractivity contribution is 6.17. The topological polar surface area (TPSA) is 129 Å². The molecular formula is C19H13NO7. The maximum Gasteiger partial charge on any atom is 0.352 e. The SMILES string of the molecule is COc1ccc2[nH]c(C(=O)O)c(C=C3Oc4cc(O)cc(O)c4C3=O)c2c1. The number of methoxy groups -OCH3 is 1. The van der Waals surface area contributed by atoms with Gasteiger partial charge in [-0.05, 0) is 24.3 Å². The van der Waals surface area contributed by atoms with E-state index in [4.69, 9.17) is 9.47 Å². The fourth-order valence-electron chi connectivity index (χ4n) is 3.05. The summed E-state index contributed by atoms with van der Waals surface area (Å²) in [6.07, 6.45) is 1.29. The van der Waals surface area contributed by atoms with E-state index in [-0.39, 0.29) is 34.1 Å². The second-order valence-electron chi connectivity index (χ2n) is 5.91. The lowest BCUT2D eigenvalue weighted by atomic mass is 10.1. The van der Waals surface area contributed by atoms with Crippen LogP contribution in [0.2, 0.25) is 0 Å². The molecule has 0 spiro atoms. The van der Waals surface area contributed by atoms with Crippen LogP contribution in [0, 0.1) is 0 Å². The van der Waals surface area contributed by atoms with Crippen molar-refractivity contribution in [3.8, 4) is 23.0 Å². The standard InChI is InChI=1S/C19H13NO7/c1-26-9-2-3-12-10(6-9)11(17(20-12)19(24)25)7-15-18(23)16-13(22)4-8(21)5-14(16)27-15/h2-7,20-22H,1H3,(H,24,25). The summed E-state index contributed by atoms with van der Waals surface area (Å²) in [4.78, 5) is 27.0. The number of hydrogen-bond acceptors (Lipinski definition) is 6. The van der Waals surface area contributed by atoms with Crippen molar-refractivity contribution in [3.63, 3.8) is 0 Å². The average Bonchev–Trinajstić information content (AvgIpc) is 3.13. The van der Waals surface area contributed by atoms with E-state index in [9.17, 15) is 24.9 Å². The number of phenols is 2. The number of ketones is 1. The van der Waals surface area contributed by atoms with Crippen LogP contribution in [0.1, 0.15) is 26.4 Å². The summed E-state index contributed by atoms with van der Waals surface area (Å²) in [5.74, 6) is -2.16. The number of carboxylic acid groups (broad SMARTS) is 1. The maximum atomic E-state index is 12.6. The summed E-state index contributed by atoms with van der Waals surface area (Å²) in [5, 5.41) is 29.5. The first-order valence-corrected chi connectivity index (χ1v) is 7.82. The Morgan fingerprint density at radius 2 is 2.00 bits per heavy atom. The zero-order valence-corrected chi connectivity index (χ0v) is 13.9. The number of aromatic amines is 1. The number of aromatic nitrogens is 1. The number of benzene rings is 2. The van der Waals surface area contributed by atoms with Gasteiger partial charge in [0.1, 0.15) is 34.3 Å². The number of carbonyl (C=O) groups excluding carboxylic acids is 1. The van der Waals surface area contributed by atoms with E-state index in [1.165, 1.54) is 19.3 Å². The number of fused-ring (bicyclic) bond motifs is 2. The highest BCUT2D eigenvalue weighted by Gasteiger charge is 2.32. The summed E-state index contributed by atoms with van der Waals surface area (Å²) in [5.41, 5.74) is 0.568. The second-order valence-corrected chi connectivity index (χ2v) is 5.91. The van der Waals surface area contributed by atoms with Gasteiger partial charge in [0.25, 0.3) is 0 Å². The highest BCUT2D eigenvalue weighted by atomic mass is 16.5. The van der Waals surface area contributed by atoms with E-state index in [2.05, 4.69) is 4.98 Å². The Balaban J connectivity index is 1.90. The van der Waals surface area contributed by atoms with Gasteiger partial charge in [-0.15, -0.1) is 0 Å². The van der Waals surface area contributed by atoms with Crippen molar-refractivity contribution in [2.45, 2.75) is 0 Å². The summed E-state index contributed by atoms with van der Waals surface area (Å²) >= 11 is 0. The number of aromatic carboxylic acids is 1. The average molecular weight is 367 g/mol. The summed E-state index contributed by atoms with van der Waals surface area (Å²) < 4.78 is 10.6. The number of allylic oxidation sites excluding steroid dienone is 1. The molecule has 0 saturated heterocycles. The van der Waals surface area contributed by atoms with E-state index in [1.54, 1.807) is 18.2 Å². The van der Waals surface area contributed by atoms with Crippen LogP contribution in [0.5, 0.6) is 23.0 Å². The number of aromatic hydroxyl groups is 2. The number of phenolic OH excluding ortho intramolecular Hbond substituents is 2. The zero-order valence-electron chi connectivity index (χ0n) is 13.9. The molecule has 8 heteroatoms. The van der Waals surface area contributed by atoms with E-state index >= 15 is 0 Å². The number of Topliss-reactive ketones (excluding diaryl/α,β-unsaturated/α-hetero) is 1. The maximum absolute atomic E-state index is 12.6. The third kappa shape index (κ3) is 2.54. The molecule has 0 aliphatic carbocycles. The molecule has 0 bridgehead atoms. The Morgan fingerprint density at radius 3 is 2.70 bits per heavy atom. The number of rotatable bonds is 3. The third-order valence-electron chi connectivity index (χ3n) is 4.27. The molecule has 0 radical (unpaired) electrons. The van der Waals surface area contributed by atoms with E-state index in [0.29, 0.717) is 16.7 Å². The van der Waals surface area contributed by atoms with Crippen molar-refractivity contribution in [1.29, 1.82) is 0 Å². The van der Waals surface area contributed by atoms with E-state index < -0.39 is 17.5 Å². The van der Waals surface area contributed by atoms with Crippen molar-refractivity contribution in [2.75, 3.05) is 7.11 Å². The fraction of sp³-hybridized carbons (Fsp3) is 0.0526. The summed E-state index contributed by atoms with van der Waals surface area (Å²) in [6, 6.07) is 7.21. The fourth-order valence-corrected chi connectivity index (χ4v) is 3.05. The summed E-state index contributed by atoms with van der Waals surface area (Å²) in [6.45, 7) is 0. The molecule has 1 aromatic heterocycles. The van der Waals surface area contributed by atoms with Crippen molar-refractivity contribution < 1.29 is 34.4 Å². The van der Waals surface area contributed by atoms with Crippen molar-refractivity contribution in [3.05, 3.63) is 52.9 Å². The van der Waals surface area contributed by atoms with E-state index in [0.717, 1.165) is 6.07 Å².